The lowest BCUT2D eigenvalue weighted by atomic mass is 9.50. The van der Waals surface area contributed by atoms with E-state index < -0.39 is 0 Å². The second-order valence-corrected chi connectivity index (χ2v) is 5.13. The maximum Gasteiger partial charge on any atom is 0.110 e. The van der Waals surface area contributed by atoms with Gasteiger partial charge < -0.3 is 0 Å². The summed E-state index contributed by atoms with van der Waals surface area (Å²) in [5.41, 5.74) is 0.418. The molecule has 1 atom stereocenters. The molecular weight excluding hydrogens is 119 g/mol. The second-order valence-electron chi connectivity index (χ2n) is 5.13. The van der Waals surface area contributed by atoms with Crippen molar-refractivity contribution in [3.63, 3.8) is 0 Å². The van der Waals surface area contributed by atoms with E-state index in [4.69, 9.17) is 0 Å². The van der Waals surface area contributed by atoms with Gasteiger partial charge in [-0.2, -0.15) is 0 Å². The molecule has 0 saturated carbocycles. The largest absolute Gasteiger partial charge is 0.110 e. The van der Waals surface area contributed by atoms with E-state index in [1.165, 1.54) is 0 Å². The van der Waals surface area contributed by atoms with Gasteiger partial charge in [0.1, 0.15) is 7.85 Å². The van der Waals surface area contributed by atoms with Crippen molar-refractivity contribution < 1.29 is 0 Å². The minimum Gasteiger partial charge on any atom is -0.0662 e. The second kappa shape index (κ2) is 2.60. The van der Waals surface area contributed by atoms with Gasteiger partial charge in [-0.1, -0.05) is 46.9 Å². The standard InChI is InChI=1S/C9H21B/c1-7(2)9(6,10)8(3,4)5/h7H,10H2,1-6H3. The monoisotopic (exact) mass is 140 g/mol. The number of rotatable bonds is 1. The van der Waals surface area contributed by atoms with Gasteiger partial charge in [0.25, 0.3) is 0 Å². The first-order valence-corrected chi connectivity index (χ1v) is 4.19. The van der Waals surface area contributed by atoms with Crippen LogP contribution in [0.2, 0.25) is 5.31 Å². The molecule has 0 aliphatic heterocycles. The van der Waals surface area contributed by atoms with Crippen molar-refractivity contribution in [1.29, 1.82) is 0 Å². The average molecular weight is 140 g/mol. The van der Waals surface area contributed by atoms with E-state index in [1.54, 1.807) is 0 Å². The van der Waals surface area contributed by atoms with Gasteiger partial charge in [-0.15, -0.1) is 0 Å². The normalized spacial score (nSPS) is 19.1. The number of hydrogen-bond donors (Lipinski definition) is 0. The van der Waals surface area contributed by atoms with Gasteiger partial charge in [0.15, 0.2) is 0 Å². The van der Waals surface area contributed by atoms with Crippen LogP contribution in [0.5, 0.6) is 0 Å². The van der Waals surface area contributed by atoms with E-state index in [0.29, 0.717) is 10.7 Å². The molecule has 0 amide bonds. The van der Waals surface area contributed by atoms with Crippen molar-refractivity contribution in [2.45, 2.75) is 46.9 Å². The summed E-state index contributed by atoms with van der Waals surface area (Å²) in [7, 11) is 2.34. The van der Waals surface area contributed by atoms with Crippen molar-refractivity contribution >= 4 is 7.85 Å². The summed E-state index contributed by atoms with van der Waals surface area (Å²) in [6, 6.07) is 0. The molecule has 0 fully saturated rings. The molecule has 0 aliphatic rings. The van der Waals surface area contributed by atoms with Crippen LogP contribution in [-0.4, -0.2) is 7.85 Å². The van der Waals surface area contributed by atoms with Crippen LogP contribution in [0, 0.1) is 11.3 Å². The van der Waals surface area contributed by atoms with Gasteiger partial charge in [0.2, 0.25) is 0 Å². The molecule has 0 heterocycles. The molecule has 0 N–H and O–H groups in total. The van der Waals surface area contributed by atoms with Crippen LogP contribution in [-0.2, 0) is 0 Å². The van der Waals surface area contributed by atoms with Crippen LogP contribution < -0.4 is 0 Å². The Hall–Kier alpha value is 0.0649. The summed E-state index contributed by atoms with van der Waals surface area (Å²) in [5, 5.41) is 0.437. The molecule has 0 spiro atoms. The van der Waals surface area contributed by atoms with E-state index in [-0.39, 0.29) is 0 Å². The fraction of sp³-hybridized carbons (Fsp3) is 1.00. The average Bonchev–Trinajstić information content (AvgIpc) is 1.62. The highest BCUT2D eigenvalue weighted by Crippen LogP contribution is 2.47. The highest BCUT2D eigenvalue weighted by atomic mass is 14.4. The van der Waals surface area contributed by atoms with Gasteiger partial charge >= 0.3 is 0 Å². The SMILES string of the molecule is BC(C)(C(C)C)C(C)(C)C. The maximum atomic E-state index is 2.34. The van der Waals surface area contributed by atoms with Crippen LogP contribution in [0.3, 0.4) is 0 Å². The molecule has 0 radical (unpaired) electrons. The zero-order valence-corrected chi connectivity index (χ0v) is 8.58. The molecule has 1 heteroatoms. The van der Waals surface area contributed by atoms with Crippen molar-refractivity contribution in [3.05, 3.63) is 0 Å². The molecule has 60 valence electrons. The summed E-state index contributed by atoms with van der Waals surface area (Å²) >= 11 is 0. The molecule has 0 bridgehead atoms. The molecule has 0 aromatic heterocycles. The van der Waals surface area contributed by atoms with E-state index in [1.807, 2.05) is 0 Å². The fourth-order valence-corrected chi connectivity index (χ4v) is 0.866. The summed E-state index contributed by atoms with van der Waals surface area (Å²) in [6.07, 6.45) is 0. The smallest absolute Gasteiger partial charge is 0.0662 e. The first-order valence-electron chi connectivity index (χ1n) is 4.19. The lowest BCUT2D eigenvalue weighted by Crippen LogP contribution is -2.31. The maximum absolute atomic E-state index is 2.34. The third kappa shape index (κ3) is 1.77. The summed E-state index contributed by atoms with van der Waals surface area (Å²) in [6.45, 7) is 13.9. The summed E-state index contributed by atoms with van der Waals surface area (Å²) in [4.78, 5) is 0. The Labute approximate surface area is 66.8 Å². The van der Waals surface area contributed by atoms with Gasteiger partial charge in [-0.05, 0) is 11.3 Å². The molecule has 10 heavy (non-hydrogen) atoms. The zero-order valence-electron chi connectivity index (χ0n) is 8.58. The third-order valence-electron chi connectivity index (χ3n) is 3.38. The van der Waals surface area contributed by atoms with E-state index in [0.717, 1.165) is 5.92 Å². The first kappa shape index (κ1) is 10.1. The molecular formula is C9H21B. The number of hydrogen-bond acceptors (Lipinski definition) is 0. The summed E-state index contributed by atoms with van der Waals surface area (Å²) < 4.78 is 0. The van der Waals surface area contributed by atoms with Gasteiger partial charge in [-0.3, -0.25) is 0 Å². The molecule has 0 rings (SSSR count). The van der Waals surface area contributed by atoms with Gasteiger partial charge in [0, 0.05) is 0 Å². The molecule has 0 saturated heterocycles. The Kier molecular flexibility index (Phi) is 2.61. The Morgan fingerprint density at radius 3 is 1.30 bits per heavy atom. The Bertz CT molecular complexity index is 106. The van der Waals surface area contributed by atoms with E-state index >= 15 is 0 Å². The zero-order chi connectivity index (χ0) is 8.58. The third-order valence-corrected chi connectivity index (χ3v) is 3.38. The lowest BCUT2D eigenvalue weighted by molar-refractivity contribution is 0.220. The molecule has 1 unspecified atom stereocenters. The predicted molar refractivity (Wildman–Crippen MR) is 51.2 cm³/mol. The van der Waals surface area contributed by atoms with Crippen LogP contribution >= 0.6 is 0 Å². The quantitative estimate of drug-likeness (QED) is 0.491. The molecule has 0 aliphatic carbocycles. The van der Waals surface area contributed by atoms with Crippen LogP contribution in [0.4, 0.5) is 0 Å². The molecule has 0 nitrogen and oxygen atoms in total. The van der Waals surface area contributed by atoms with Crippen LogP contribution in [0.25, 0.3) is 0 Å². The topological polar surface area (TPSA) is 0 Å². The Morgan fingerprint density at radius 1 is 1.00 bits per heavy atom. The highest BCUT2D eigenvalue weighted by molar-refractivity contribution is 6.15. The first-order chi connectivity index (χ1) is 4.19. The minimum absolute atomic E-state index is 0.418. The van der Waals surface area contributed by atoms with Gasteiger partial charge in [0.05, 0.1) is 0 Å². The van der Waals surface area contributed by atoms with Gasteiger partial charge in [-0.25, -0.2) is 0 Å². The minimum atomic E-state index is 0.418. The van der Waals surface area contributed by atoms with Crippen molar-refractivity contribution in [1.82, 2.24) is 0 Å². The molecule has 0 aromatic carbocycles. The predicted octanol–water partition coefficient (Wildman–Crippen LogP) is 2.50. The lowest BCUT2D eigenvalue weighted by Gasteiger charge is -2.42. The Morgan fingerprint density at radius 2 is 1.30 bits per heavy atom. The van der Waals surface area contributed by atoms with Crippen LogP contribution in [0.15, 0.2) is 0 Å². The van der Waals surface area contributed by atoms with E-state index in [2.05, 4.69) is 49.4 Å². The van der Waals surface area contributed by atoms with Crippen molar-refractivity contribution in [2.24, 2.45) is 11.3 Å². The van der Waals surface area contributed by atoms with Crippen LogP contribution in [0.1, 0.15) is 41.5 Å². The highest BCUT2D eigenvalue weighted by Gasteiger charge is 2.34. The molecule has 0 aromatic rings. The van der Waals surface area contributed by atoms with Crippen molar-refractivity contribution in [2.75, 3.05) is 0 Å². The summed E-state index contributed by atoms with van der Waals surface area (Å²) in [5.74, 6) is 0.757. The fourth-order valence-electron chi connectivity index (χ4n) is 0.866. The van der Waals surface area contributed by atoms with Crippen molar-refractivity contribution in [3.8, 4) is 0 Å². The van der Waals surface area contributed by atoms with E-state index in [9.17, 15) is 0 Å². The Balaban J connectivity index is 4.40.